The van der Waals surface area contributed by atoms with Gasteiger partial charge < -0.3 is 26.8 Å². The number of aromatic nitrogens is 2. The van der Waals surface area contributed by atoms with Crippen LogP contribution in [0, 0.1) is 0 Å². The molecule has 0 atom stereocenters. The highest BCUT2D eigenvalue weighted by Crippen LogP contribution is 2.35. The fourth-order valence-electron chi connectivity index (χ4n) is 1.60. The van der Waals surface area contributed by atoms with Crippen LogP contribution in [0.3, 0.4) is 0 Å². The van der Waals surface area contributed by atoms with E-state index in [1.165, 1.54) is 0 Å². The second-order valence-electron chi connectivity index (χ2n) is 4.12. The molecule has 0 aromatic carbocycles. The summed E-state index contributed by atoms with van der Waals surface area (Å²) < 4.78 is 14.7. The zero-order chi connectivity index (χ0) is 12.0. The summed E-state index contributed by atoms with van der Waals surface area (Å²) in [5.74, 6) is 0. The van der Waals surface area contributed by atoms with Crippen LogP contribution in [-0.2, 0) is 18.2 Å². The molecule has 0 saturated carbocycles. The molecule has 1 aromatic rings. The second kappa shape index (κ2) is 8.03. The summed E-state index contributed by atoms with van der Waals surface area (Å²) in [6.45, 7) is 0.969. The van der Waals surface area contributed by atoms with E-state index >= 15 is 0 Å². The van der Waals surface area contributed by atoms with Crippen molar-refractivity contribution in [1.29, 1.82) is 0 Å². The normalized spacial score (nSPS) is 11.2. The smallest absolute Gasteiger partial charge is 0.325 e. The van der Waals surface area contributed by atoms with E-state index in [4.69, 9.17) is 9.79 Å². The Morgan fingerprint density at radius 1 is 1.24 bits per heavy atom. The van der Waals surface area contributed by atoms with Crippen molar-refractivity contribution in [3.63, 3.8) is 0 Å². The minimum atomic E-state index is -3.78. The Hall–Kier alpha value is -0.160. The highest BCUT2D eigenvalue weighted by Gasteiger charge is 2.11. The standard InChI is InChI=1S/C10H19N2O3P.BrH/c1-11-7-8-12(10-11)6-4-2-3-5-9-16(13,14)15;/h7-8,10H,2-6,9H2,1H3,(H-,13,14,15);1H. The van der Waals surface area contributed by atoms with Gasteiger partial charge in [-0.25, -0.2) is 9.13 Å². The van der Waals surface area contributed by atoms with Gasteiger partial charge in [-0.1, -0.05) is 6.42 Å². The summed E-state index contributed by atoms with van der Waals surface area (Å²) in [7, 11) is -1.79. The maximum atomic E-state index is 10.6. The summed E-state index contributed by atoms with van der Waals surface area (Å²) in [6.07, 6.45) is 9.63. The van der Waals surface area contributed by atoms with Crippen LogP contribution in [0.15, 0.2) is 18.7 Å². The molecule has 1 rings (SSSR count). The largest absolute Gasteiger partial charge is 1.00 e. The van der Waals surface area contributed by atoms with E-state index < -0.39 is 7.60 Å². The lowest BCUT2D eigenvalue weighted by Crippen LogP contribution is -3.00. The SMILES string of the molecule is C[n+]1ccn(CCCCCCP(=O)(O)O)c1.[Br-]. The zero-order valence-corrected chi connectivity index (χ0v) is 12.5. The predicted molar refractivity (Wildman–Crippen MR) is 61.0 cm³/mol. The molecule has 1 aromatic heterocycles. The first-order chi connectivity index (χ1) is 7.47. The molecule has 2 N–H and O–H groups in total. The lowest BCUT2D eigenvalue weighted by atomic mass is 10.2. The van der Waals surface area contributed by atoms with E-state index in [0.29, 0.717) is 6.42 Å². The number of nitrogens with zero attached hydrogens (tertiary/aromatic N) is 2. The molecular weight excluding hydrogens is 307 g/mol. The van der Waals surface area contributed by atoms with Crippen molar-refractivity contribution >= 4 is 7.60 Å². The highest BCUT2D eigenvalue weighted by molar-refractivity contribution is 7.51. The van der Waals surface area contributed by atoms with Crippen LogP contribution in [0.2, 0.25) is 0 Å². The van der Waals surface area contributed by atoms with Gasteiger partial charge in [0.2, 0.25) is 6.33 Å². The van der Waals surface area contributed by atoms with E-state index in [2.05, 4.69) is 4.57 Å². The second-order valence-corrected chi connectivity index (χ2v) is 5.90. The molecule has 0 unspecified atom stereocenters. The Labute approximate surface area is 112 Å². The molecule has 0 aliphatic carbocycles. The van der Waals surface area contributed by atoms with Gasteiger partial charge in [-0.2, -0.15) is 0 Å². The number of unbranched alkanes of at least 4 members (excludes halogenated alkanes) is 3. The number of halogens is 1. The topological polar surface area (TPSA) is 66.3 Å². The minimum Gasteiger partial charge on any atom is -1.00 e. The Kier molecular flexibility index (Phi) is 7.96. The zero-order valence-electron chi connectivity index (χ0n) is 10.00. The van der Waals surface area contributed by atoms with Gasteiger partial charge in [0.1, 0.15) is 12.4 Å². The van der Waals surface area contributed by atoms with Crippen molar-refractivity contribution in [2.45, 2.75) is 32.2 Å². The average Bonchev–Trinajstić information content (AvgIpc) is 2.56. The first-order valence-electron chi connectivity index (χ1n) is 5.53. The van der Waals surface area contributed by atoms with Crippen molar-refractivity contribution in [3.8, 4) is 0 Å². The van der Waals surface area contributed by atoms with Gasteiger partial charge in [0.15, 0.2) is 0 Å². The van der Waals surface area contributed by atoms with Gasteiger partial charge in [0.25, 0.3) is 0 Å². The fraction of sp³-hybridized carbons (Fsp3) is 0.700. The third kappa shape index (κ3) is 8.55. The van der Waals surface area contributed by atoms with Gasteiger partial charge in [0, 0.05) is 6.16 Å². The Balaban J connectivity index is 0.00000256. The molecule has 1 heterocycles. The first-order valence-corrected chi connectivity index (χ1v) is 7.33. The Morgan fingerprint density at radius 3 is 2.41 bits per heavy atom. The molecule has 0 radical (unpaired) electrons. The number of imidazole rings is 1. The van der Waals surface area contributed by atoms with E-state index in [1.54, 1.807) is 0 Å². The van der Waals surface area contributed by atoms with Crippen LogP contribution in [0.25, 0.3) is 0 Å². The van der Waals surface area contributed by atoms with Gasteiger partial charge in [-0.15, -0.1) is 0 Å². The van der Waals surface area contributed by atoms with Crippen molar-refractivity contribution < 1.29 is 35.9 Å². The summed E-state index contributed by atoms with van der Waals surface area (Å²) >= 11 is 0. The molecule has 100 valence electrons. The van der Waals surface area contributed by atoms with Gasteiger partial charge in [0.05, 0.1) is 13.6 Å². The monoisotopic (exact) mass is 326 g/mol. The minimum absolute atomic E-state index is 0. The third-order valence-corrected chi connectivity index (χ3v) is 3.34. The first kappa shape index (κ1) is 16.8. The molecule has 0 saturated heterocycles. The lowest BCUT2D eigenvalue weighted by Gasteiger charge is -2.02. The van der Waals surface area contributed by atoms with Crippen molar-refractivity contribution in [2.75, 3.05) is 6.16 Å². The molecule has 0 amide bonds. The maximum absolute atomic E-state index is 10.6. The fourth-order valence-corrected chi connectivity index (χ4v) is 2.24. The van der Waals surface area contributed by atoms with Crippen LogP contribution in [0.1, 0.15) is 25.7 Å². The van der Waals surface area contributed by atoms with Crippen molar-refractivity contribution in [1.82, 2.24) is 4.57 Å². The third-order valence-electron chi connectivity index (χ3n) is 2.44. The van der Waals surface area contributed by atoms with Crippen LogP contribution in [0.4, 0.5) is 0 Å². The Bertz CT molecular complexity index is 364. The lowest BCUT2D eigenvalue weighted by molar-refractivity contribution is -0.671. The molecule has 0 fully saturated rings. The highest BCUT2D eigenvalue weighted by atomic mass is 79.9. The number of rotatable bonds is 7. The molecule has 0 spiro atoms. The molecule has 0 aliphatic heterocycles. The Morgan fingerprint density at radius 2 is 1.88 bits per heavy atom. The molecular formula is C10H20BrN2O3P. The summed E-state index contributed by atoms with van der Waals surface area (Å²) in [4.78, 5) is 17.3. The van der Waals surface area contributed by atoms with E-state index in [1.807, 2.05) is 30.3 Å². The van der Waals surface area contributed by atoms with Gasteiger partial charge in [-0.05, 0) is 19.3 Å². The molecule has 5 nitrogen and oxygen atoms in total. The van der Waals surface area contributed by atoms with Crippen molar-refractivity contribution in [2.24, 2.45) is 7.05 Å². The molecule has 0 aliphatic rings. The maximum Gasteiger partial charge on any atom is 0.325 e. The average molecular weight is 327 g/mol. The van der Waals surface area contributed by atoms with Crippen molar-refractivity contribution in [3.05, 3.63) is 18.7 Å². The molecule has 17 heavy (non-hydrogen) atoms. The molecule has 7 heteroatoms. The van der Waals surface area contributed by atoms with E-state index in [9.17, 15) is 4.57 Å². The summed E-state index contributed by atoms with van der Waals surface area (Å²) in [6, 6.07) is 0. The van der Waals surface area contributed by atoms with E-state index in [0.717, 1.165) is 25.8 Å². The van der Waals surface area contributed by atoms with Crippen LogP contribution < -0.4 is 21.5 Å². The number of aryl methyl sites for hydroxylation is 2. The quantitative estimate of drug-likeness (QED) is 0.348. The summed E-state index contributed by atoms with van der Waals surface area (Å²) in [5, 5.41) is 0. The predicted octanol–water partition coefficient (Wildman–Crippen LogP) is -1.95. The summed E-state index contributed by atoms with van der Waals surface area (Å²) in [5.41, 5.74) is 0. The van der Waals surface area contributed by atoms with E-state index in [-0.39, 0.29) is 23.1 Å². The van der Waals surface area contributed by atoms with Gasteiger partial charge >= 0.3 is 7.60 Å². The van der Waals surface area contributed by atoms with Crippen LogP contribution >= 0.6 is 7.60 Å². The van der Waals surface area contributed by atoms with Crippen LogP contribution in [-0.4, -0.2) is 20.5 Å². The van der Waals surface area contributed by atoms with Crippen LogP contribution in [0.5, 0.6) is 0 Å². The number of hydrogen-bond acceptors (Lipinski definition) is 1. The number of hydrogen-bond donors (Lipinski definition) is 2. The van der Waals surface area contributed by atoms with Gasteiger partial charge in [-0.3, -0.25) is 4.57 Å². The molecule has 0 bridgehead atoms.